The maximum atomic E-state index is 12.6. The van der Waals surface area contributed by atoms with Crippen LogP contribution in [0.1, 0.15) is 17.0 Å². The van der Waals surface area contributed by atoms with E-state index in [0.717, 1.165) is 43.0 Å². The van der Waals surface area contributed by atoms with E-state index in [9.17, 15) is 4.79 Å². The molecular formula is C21H23N3O2. The Bertz CT molecular complexity index is 1010. The summed E-state index contributed by atoms with van der Waals surface area (Å²) in [7, 11) is 3.54. The lowest BCUT2D eigenvalue weighted by Crippen LogP contribution is -2.31. The fraction of sp³-hybridized carbons (Fsp3) is 0.333. The Morgan fingerprint density at radius 3 is 2.73 bits per heavy atom. The average Bonchev–Trinajstić information content (AvgIpc) is 2.88. The molecule has 4 rings (SSSR count). The Hall–Kier alpha value is -2.66. The second-order valence-corrected chi connectivity index (χ2v) is 6.78. The Morgan fingerprint density at radius 2 is 1.88 bits per heavy atom. The van der Waals surface area contributed by atoms with Gasteiger partial charge in [0, 0.05) is 20.1 Å². The van der Waals surface area contributed by atoms with Crippen molar-refractivity contribution in [2.45, 2.75) is 19.4 Å². The summed E-state index contributed by atoms with van der Waals surface area (Å²) in [6.07, 6.45) is 1.93. The molecule has 0 N–H and O–H groups in total. The van der Waals surface area contributed by atoms with E-state index in [0.29, 0.717) is 11.9 Å². The van der Waals surface area contributed by atoms with Crippen molar-refractivity contribution in [1.82, 2.24) is 14.5 Å². The number of fused-ring (bicyclic) bond motifs is 2. The zero-order valence-electron chi connectivity index (χ0n) is 15.2. The van der Waals surface area contributed by atoms with Gasteiger partial charge in [0.15, 0.2) is 0 Å². The monoisotopic (exact) mass is 349 g/mol. The molecular weight excluding hydrogens is 326 g/mol. The van der Waals surface area contributed by atoms with Gasteiger partial charge in [-0.05, 0) is 42.2 Å². The summed E-state index contributed by atoms with van der Waals surface area (Å²) in [5, 5.41) is 0.673. The first kappa shape index (κ1) is 16.8. The zero-order valence-corrected chi connectivity index (χ0v) is 15.2. The normalized spacial score (nSPS) is 14.8. The van der Waals surface area contributed by atoms with Gasteiger partial charge >= 0.3 is 0 Å². The molecule has 5 nitrogen and oxygen atoms in total. The van der Waals surface area contributed by atoms with Crippen LogP contribution in [0.2, 0.25) is 0 Å². The highest BCUT2D eigenvalue weighted by Gasteiger charge is 2.19. The lowest BCUT2D eigenvalue weighted by atomic mass is 10.0. The van der Waals surface area contributed by atoms with Crippen molar-refractivity contribution in [3.05, 3.63) is 69.8 Å². The van der Waals surface area contributed by atoms with Gasteiger partial charge in [0.25, 0.3) is 5.56 Å². The SMILES string of the molecule is COc1cccc2c1CCN(Cc1nc3ccccc3c(=O)n1C)CC2. The molecule has 134 valence electrons. The first-order valence-electron chi connectivity index (χ1n) is 8.99. The van der Waals surface area contributed by atoms with Gasteiger partial charge in [-0.3, -0.25) is 14.3 Å². The van der Waals surface area contributed by atoms with E-state index in [2.05, 4.69) is 17.0 Å². The van der Waals surface area contributed by atoms with Crippen molar-refractivity contribution in [2.75, 3.05) is 20.2 Å². The molecule has 0 saturated carbocycles. The summed E-state index contributed by atoms with van der Waals surface area (Å²) in [4.78, 5) is 19.7. The molecule has 5 heteroatoms. The van der Waals surface area contributed by atoms with E-state index >= 15 is 0 Å². The van der Waals surface area contributed by atoms with Crippen LogP contribution in [0.4, 0.5) is 0 Å². The Labute approximate surface area is 152 Å². The first-order chi connectivity index (χ1) is 12.7. The fourth-order valence-corrected chi connectivity index (χ4v) is 3.74. The van der Waals surface area contributed by atoms with Crippen LogP contribution in [0.15, 0.2) is 47.3 Å². The number of methoxy groups -OCH3 is 1. The molecule has 0 atom stereocenters. The second kappa shape index (κ2) is 6.92. The smallest absolute Gasteiger partial charge is 0.261 e. The Kier molecular flexibility index (Phi) is 4.47. The summed E-state index contributed by atoms with van der Waals surface area (Å²) in [6, 6.07) is 13.8. The van der Waals surface area contributed by atoms with Gasteiger partial charge in [-0.1, -0.05) is 24.3 Å². The molecule has 0 fully saturated rings. The molecule has 0 spiro atoms. The minimum atomic E-state index is 0.0189. The minimum Gasteiger partial charge on any atom is -0.496 e. The van der Waals surface area contributed by atoms with E-state index in [1.165, 1.54) is 11.1 Å². The van der Waals surface area contributed by atoms with Crippen LogP contribution in [0, 0.1) is 0 Å². The Morgan fingerprint density at radius 1 is 1.08 bits per heavy atom. The van der Waals surface area contributed by atoms with Crippen LogP contribution in [0.5, 0.6) is 5.75 Å². The van der Waals surface area contributed by atoms with E-state index in [4.69, 9.17) is 9.72 Å². The highest BCUT2D eigenvalue weighted by atomic mass is 16.5. The van der Waals surface area contributed by atoms with Gasteiger partial charge in [0.05, 0.1) is 24.6 Å². The van der Waals surface area contributed by atoms with Gasteiger partial charge in [0.1, 0.15) is 11.6 Å². The third-order valence-electron chi connectivity index (χ3n) is 5.27. The van der Waals surface area contributed by atoms with Crippen molar-refractivity contribution in [3.63, 3.8) is 0 Å². The number of benzene rings is 2. The molecule has 0 aliphatic carbocycles. The highest BCUT2D eigenvalue weighted by Crippen LogP contribution is 2.26. The molecule has 1 aliphatic heterocycles. The zero-order chi connectivity index (χ0) is 18.1. The predicted molar refractivity (Wildman–Crippen MR) is 103 cm³/mol. The quantitative estimate of drug-likeness (QED) is 0.729. The van der Waals surface area contributed by atoms with E-state index in [1.807, 2.05) is 37.4 Å². The first-order valence-corrected chi connectivity index (χ1v) is 8.99. The summed E-state index contributed by atoms with van der Waals surface area (Å²) in [5.74, 6) is 1.78. The lowest BCUT2D eigenvalue weighted by Gasteiger charge is -2.20. The van der Waals surface area contributed by atoms with Gasteiger partial charge in [-0.25, -0.2) is 4.98 Å². The number of ether oxygens (including phenoxy) is 1. The summed E-state index contributed by atoms with van der Waals surface area (Å²) in [6.45, 7) is 2.55. The third kappa shape index (κ3) is 2.99. The average molecular weight is 349 g/mol. The second-order valence-electron chi connectivity index (χ2n) is 6.78. The topological polar surface area (TPSA) is 47.4 Å². The van der Waals surface area contributed by atoms with Gasteiger partial charge in [0.2, 0.25) is 0 Å². The maximum absolute atomic E-state index is 12.6. The standard InChI is InChI=1S/C21H23N3O2/c1-23-20(22-18-8-4-3-7-17(18)21(23)25)14-24-12-10-15-6-5-9-19(26-2)16(15)11-13-24/h3-9H,10-14H2,1-2H3. The van der Waals surface area contributed by atoms with Crippen LogP contribution in [0.25, 0.3) is 10.9 Å². The molecule has 0 bridgehead atoms. The molecule has 1 aliphatic rings. The highest BCUT2D eigenvalue weighted by molar-refractivity contribution is 5.77. The largest absolute Gasteiger partial charge is 0.496 e. The third-order valence-corrected chi connectivity index (χ3v) is 5.27. The van der Waals surface area contributed by atoms with E-state index < -0.39 is 0 Å². The van der Waals surface area contributed by atoms with Crippen molar-refractivity contribution in [1.29, 1.82) is 0 Å². The van der Waals surface area contributed by atoms with Crippen LogP contribution in [-0.2, 0) is 26.4 Å². The van der Waals surface area contributed by atoms with Crippen molar-refractivity contribution >= 4 is 10.9 Å². The van der Waals surface area contributed by atoms with E-state index in [1.54, 1.807) is 11.7 Å². The maximum Gasteiger partial charge on any atom is 0.261 e. The molecule has 0 saturated heterocycles. The van der Waals surface area contributed by atoms with Crippen LogP contribution >= 0.6 is 0 Å². The molecule has 3 aromatic rings. The van der Waals surface area contributed by atoms with Crippen molar-refractivity contribution in [2.24, 2.45) is 7.05 Å². The number of aromatic nitrogens is 2. The van der Waals surface area contributed by atoms with Crippen LogP contribution in [0.3, 0.4) is 0 Å². The number of hydrogen-bond acceptors (Lipinski definition) is 4. The number of hydrogen-bond donors (Lipinski definition) is 0. The summed E-state index contributed by atoms with van der Waals surface area (Å²) >= 11 is 0. The fourth-order valence-electron chi connectivity index (χ4n) is 3.74. The van der Waals surface area contributed by atoms with Crippen molar-refractivity contribution < 1.29 is 4.74 Å². The van der Waals surface area contributed by atoms with Crippen LogP contribution in [-0.4, -0.2) is 34.7 Å². The lowest BCUT2D eigenvalue weighted by molar-refractivity contribution is 0.267. The summed E-state index contributed by atoms with van der Waals surface area (Å²) < 4.78 is 7.21. The van der Waals surface area contributed by atoms with Crippen molar-refractivity contribution in [3.8, 4) is 5.75 Å². The predicted octanol–water partition coefficient (Wildman–Crippen LogP) is 2.54. The molecule has 0 unspecified atom stereocenters. The summed E-state index contributed by atoms with van der Waals surface area (Å²) in [5.41, 5.74) is 3.45. The van der Waals surface area contributed by atoms with Gasteiger partial charge < -0.3 is 4.74 Å². The Balaban J connectivity index is 1.60. The minimum absolute atomic E-state index is 0.0189. The molecule has 2 aromatic carbocycles. The molecule has 2 heterocycles. The number of nitrogens with zero attached hydrogens (tertiary/aromatic N) is 3. The number of rotatable bonds is 3. The number of para-hydroxylation sites is 1. The molecule has 26 heavy (non-hydrogen) atoms. The van der Waals surface area contributed by atoms with Gasteiger partial charge in [-0.15, -0.1) is 0 Å². The van der Waals surface area contributed by atoms with Gasteiger partial charge in [-0.2, -0.15) is 0 Å². The molecule has 0 amide bonds. The molecule has 1 aromatic heterocycles. The molecule has 0 radical (unpaired) electrons. The van der Waals surface area contributed by atoms with Crippen LogP contribution < -0.4 is 10.3 Å². The van der Waals surface area contributed by atoms with E-state index in [-0.39, 0.29) is 5.56 Å².